The lowest BCUT2D eigenvalue weighted by Crippen LogP contribution is -2.53. The number of imidazole rings is 1. The molecule has 0 unspecified atom stereocenters. The first-order chi connectivity index (χ1) is 22.2. The van der Waals surface area contributed by atoms with Crippen molar-refractivity contribution in [3.63, 3.8) is 0 Å². The topological polar surface area (TPSA) is 137 Å². The highest BCUT2D eigenvalue weighted by Gasteiger charge is 2.35. The fourth-order valence-electron chi connectivity index (χ4n) is 6.22. The molecule has 5 rings (SSSR count). The first kappa shape index (κ1) is 32.3. The van der Waals surface area contributed by atoms with E-state index in [9.17, 15) is 14.9 Å². The van der Waals surface area contributed by atoms with Gasteiger partial charge >= 0.3 is 5.82 Å². The Morgan fingerprint density at radius 3 is 2.46 bits per heavy atom. The summed E-state index contributed by atoms with van der Waals surface area (Å²) in [5, 5.41) is 17.9. The van der Waals surface area contributed by atoms with Gasteiger partial charge in [0.05, 0.1) is 13.1 Å². The van der Waals surface area contributed by atoms with Crippen molar-refractivity contribution in [2.45, 2.75) is 39.7 Å². The van der Waals surface area contributed by atoms with E-state index in [1.807, 2.05) is 63.4 Å². The van der Waals surface area contributed by atoms with Gasteiger partial charge < -0.3 is 34.5 Å². The molecule has 1 aliphatic heterocycles. The lowest BCUT2D eigenvalue weighted by molar-refractivity contribution is -0.945. The molecule has 240 valence electrons. The Morgan fingerprint density at radius 2 is 1.80 bits per heavy atom. The molecule has 2 aromatic heterocycles. The number of aldehydes is 1. The number of hydrogen-bond donors (Lipinski definition) is 2. The van der Waals surface area contributed by atoms with Gasteiger partial charge in [-0.05, 0) is 90.0 Å². The zero-order chi connectivity index (χ0) is 32.7. The summed E-state index contributed by atoms with van der Waals surface area (Å²) in [7, 11) is 3.60. The van der Waals surface area contributed by atoms with Crippen LogP contribution in [0.15, 0.2) is 55.0 Å². The van der Waals surface area contributed by atoms with Gasteiger partial charge in [-0.25, -0.2) is 4.98 Å². The molecular formula is C34H41N8O4+. The highest BCUT2D eigenvalue weighted by Crippen LogP contribution is 2.28. The summed E-state index contributed by atoms with van der Waals surface area (Å²) in [6.07, 6.45) is 9.23. The molecule has 4 aromatic rings. The molecule has 2 N–H and O–H groups in total. The van der Waals surface area contributed by atoms with Gasteiger partial charge in [0.15, 0.2) is 12.0 Å². The van der Waals surface area contributed by atoms with Crippen LogP contribution >= 0.6 is 0 Å². The van der Waals surface area contributed by atoms with E-state index in [0.717, 1.165) is 71.4 Å². The molecule has 12 heteroatoms. The molecule has 46 heavy (non-hydrogen) atoms. The van der Waals surface area contributed by atoms with Crippen molar-refractivity contribution >= 4 is 41.2 Å². The highest BCUT2D eigenvalue weighted by molar-refractivity contribution is 6.14. The molecular weight excluding hydrogens is 584 g/mol. The Hall–Kier alpha value is -5.10. The number of nitrogens with one attached hydrogen (secondary N) is 2. The van der Waals surface area contributed by atoms with E-state index in [2.05, 4.69) is 25.6 Å². The van der Waals surface area contributed by atoms with Crippen LogP contribution in [-0.4, -0.2) is 68.5 Å². The predicted molar refractivity (Wildman–Crippen MR) is 179 cm³/mol. The largest absolute Gasteiger partial charge is 0.488 e. The molecule has 0 amide bonds. The fraction of sp³-hybridized carbons (Fsp3) is 0.353. The lowest BCUT2D eigenvalue weighted by Gasteiger charge is -2.41. The minimum absolute atomic E-state index is 0.0606. The number of hydrogen-bond acceptors (Lipinski definition) is 9. The summed E-state index contributed by atoms with van der Waals surface area (Å²) in [5.41, 5.74) is 5.69. The van der Waals surface area contributed by atoms with E-state index >= 15 is 0 Å². The number of rotatable bonds is 13. The number of likely N-dealkylation sites (tertiary alicyclic amines) is 1. The lowest BCUT2D eigenvalue weighted by atomic mass is 9.95. The van der Waals surface area contributed by atoms with E-state index < -0.39 is 4.92 Å². The number of piperidine rings is 1. The number of aryl methyl sites for hydroxylation is 3. The van der Waals surface area contributed by atoms with E-state index in [4.69, 9.17) is 4.74 Å². The summed E-state index contributed by atoms with van der Waals surface area (Å²) >= 11 is 0. The van der Waals surface area contributed by atoms with Gasteiger partial charge in [-0.3, -0.25) is 4.79 Å². The molecule has 2 aromatic carbocycles. The van der Waals surface area contributed by atoms with Gasteiger partial charge in [-0.1, -0.05) is 18.2 Å². The second kappa shape index (κ2) is 14.3. The number of aromatic nitrogens is 4. The van der Waals surface area contributed by atoms with Crippen LogP contribution in [0.3, 0.4) is 0 Å². The Labute approximate surface area is 268 Å². The van der Waals surface area contributed by atoms with Crippen molar-refractivity contribution in [3.05, 3.63) is 93.1 Å². The Balaban J connectivity index is 1.23. The number of ether oxygens (including phenoxy) is 1. The summed E-state index contributed by atoms with van der Waals surface area (Å²) in [6.45, 7) is 7.70. The number of carbonyl (C=O) groups excluding carboxylic acids is 1. The average Bonchev–Trinajstić information content (AvgIpc) is 3.41. The van der Waals surface area contributed by atoms with Crippen molar-refractivity contribution in [3.8, 4) is 5.75 Å². The zero-order valence-electron chi connectivity index (χ0n) is 26.8. The van der Waals surface area contributed by atoms with Crippen LogP contribution in [0.4, 0.5) is 23.3 Å². The van der Waals surface area contributed by atoms with Gasteiger partial charge in [-0.2, -0.15) is 4.98 Å². The highest BCUT2D eigenvalue weighted by atomic mass is 16.6. The summed E-state index contributed by atoms with van der Waals surface area (Å²) in [4.78, 5) is 36.3. The van der Waals surface area contributed by atoms with Crippen molar-refractivity contribution in [2.75, 3.05) is 43.9 Å². The normalized spacial score (nSPS) is 14.5. The summed E-state index contributed by atoms with van der Waals surface area (Å²) in [5.74, 6) is 1.68. The standard InChI is InChI=1S/C34H40N8O4/c1-24-9-8-10-25(2)31(24)27(22-43)19-26-20-36-34(39-32(26)35-3)38-28-11-13-29(14-12-28)46-18-17-42(15-6-5-7-16-42)21-30-33(41(44)45)37-23-40(30)4/h8-14,19-20,22-23H,5-7,15-18,21H2,1-4H3,(H-,35,36,38,39,43)/p+1. The number of anilines is 3. The maximum absolute atomic E-state index is 12.0. The van der Waals surface area contributed by atoms with Crippen molar-refractivity contribution in [1.29, 1.82) is 0 Å². The number of carbonyl (C=O) groups is 1. The quantitative estimate of drug-likeness (QED) is 0.0617. The SMILES string of the molecule is CNc1nc(Nc2ccc(OCC[N+]3(Cc4c([N+](=O)[O-])ncn4C)CCCCC3)cc2)ncc1/C=C(\C=O)c1c(C)cccc1C. The Morgan fingerprint density at radius 1 is 1.09 bits per heavy atom. The Bertz CT molecular complexity index is 1710. The number of nitrogens with zero attached hydrogens (tertiary/aromatic N) is 6. The van der Waals surface area contributed by atoms with Crippen LogP contribution in [0.1, 0.15) is 47.2 Å². The molecule has 0 atom stereocenters. The average molecular weight is 626 g/mol. The van der Waals surface area contributed by atoms with E-state index in [0.29, 0.717) is 41.7 Å². The van der Waals surface area contributed by atoms with Crippen LogP contribution in [-0.2, 0) is 18.4 Å². The second-order valence-electron chi connectivity index (χ2n) is 11.8. The smallest absolute Gasteiger partial charge is 0.390 e. The fourth-order valence-corrected chi connectivity index (χ4v) is 6.22. The van der Waals surface area contributed by atoms with E-state index in [1.165, 1.54) is 12.7 Å². The minimum Gasteiger partial charge on any atom is -0.488 e. The summed E-state index contributed by atoms with van der Waals surface area (Å²) < 4.78 is 8.65. The molecule has 12 nitrogen and oxygen atoms in total. The number of quaternary nitrogens is 1. The third kappa shape index (κ3) is 7.40. The maximum atomic E-state index is 12.0. The summed E-state index contributed by atoms with van der Waals surface area (Å²) in [6, 6.07) is 13.6. The van der Waals surface area contributed by atoms with Gasteiger partial charge in [0.1, 0.15) is 31.3 Å². The van der Waals surface area contributed by atoms with Gasteiger partial charge in [0.25, 0.3) is 0 Å². The molecule has 0 bridgehead atoms. The molecule has 0 radical (unpaired) electrons. The van der Waals surface area contributed by atoms with Gasteiger partial charge in [0.2, 0.25) is 12.3 Å². The molecule has 0 aliphatic carbocycles. The Kier molecular flexibility index (Phi) is 10.1. The first-order valence-electron chi connectivity index (χ1n) is 15.5. The number of allylic oxidation sites excluding steroid dienone is 1. The van der Waals surface area contributed by atoms with Crippen molar-refractivity contribution in [2.24, 2.45) is 7.05 Å². The van der Waals surface area contributed by atoms with Gasteiger partial charge in [0, 0.05) is 37.1 Å². The zero-order valence-corrected chi connectivity index (χ0v) is 26.8. The second-order valence-corrected chi connectivity index (χ2v) is 11.8. The predicted octanol–water partition coefficient (Wildman–Crippen LogP) is 5.84. The van der Waals surface area contributed by atoms with Gasteiger partial charge in [-0.15, -0.1) is 0 Å². The van der Waals surface area contributed by atoms with Crippen LogP contribution in [0.5, 0.6) is 5.75 Å². The molecule has 1 saturated heterocycles. The van der Waals surface area contributed by atoms with Crippen LogP contribution in [0.25, 0.3) is 11.6 Å². The molecule has 3 heterocycles. The minimum atomic E-state index is -0.394. The molecule has 0 saturated carbocycles. The van der Waals surface area contributed by atoms with Crippen LogP contribution in [0.2, 0.25) is 0 Å². The van der Waals surface area contributed by atoms with E-state index in [-0.39, 0.29) is 5.82 Å². The van der Waals surface area contributed by atoms with E-state index in [1.54, 1.807) is 23.9 Å². The first-order valence-corrected chi connectivity index (χ1v) is 15.5. The van der Waals surface area contributed by atoms with Crippen molar-refractivity contribution in [1.82, 2.24) is 19.5 Å². The van der Waals surface area contributed by atoms with Crippen molar-refractivity contribution < 1.29 is 18.9 Å². The molecule has 1 fully saturated rings. The third-order valence-electron chi connectivity index (χ3n) is 8.67. The molecule has 1 aliphatic rings. The molecule has 0 spiro atoms. The maximum Gasteiger partial charge on any atom is 0.390 e. The monoisotopic (exact) mass is 625 g/mol. The van der Waals surface area contributed by atoms with Crippen LogP contribution in [0, 0.1) is 24.0 Å². The third-order valence-corrected chi connectivity index (χ3v) is 8.67. The number of nitro groups is 1. The van der Waals surface area contributed by atoms with Crippen LogP contribution < -0.4 is 15.4 Å². The number of benzene rings is 2.